The van der Waals surface area contributed by atoms with Crippen LogP contribution in [0, 0.1) is 5.92 Å². The molecule has 1 aliphatic carbocycles. The molecule has 1 heterocycles. The fraction of sp³-hybridized carbons (Fsp3) is 0.619. The lowest BCUT2D eigenvalue weighted by atomic mass is 10.1. The first-order valence-electron chi connectivity index (χ1n) is 10.1. The highest BCUT2D eigenvalue weighted by Crippen LogP contribution is 2.29. The molecule has 1 aromatic rings. The third kappa shape index (κ3) is 5.37. The molecule has 0 spiro atoms. The highest BCUT2D eigenvalue weighted by atomic mass is 16.3. The van der Waals surface area contributed by atoms with Crippen LogP contribution in [0.1, 0.15) is 44.1 Å². The van der Waals surface area contributed by atoms with Gasteiger partial charge in [-0.15, -0.1) is 0 Å². The summed E-state index contributed by atoms with van der Waals surface area (Å²) in [5, 5.41) is 12.2. The molecule has 148 valence electrons. The quantitative estimate of drug-likeness (QED) is 0.722. The van der Waals surface area contributed by atoms with Gasteiger partial charge in [-0.2, -0.15) is 0 Å². The van der Waals surface area contributed by atoms with Crippen LogP contribution < -0.4 is 5.32 Å². The zero-order valence-electron chi connectivity index (χ0n) is 16.2. The molecule has 1 atom stereocenters. The molecule has 1 saturated carbocycles. The summed E-state index contributed by atoms with van der Waals surface area (Å²) < 4.78 is 0. The Labute approximate surface area is 161 Å². The molecular weight excluding hydrogens is 342 g/mol. The van der Waals surface area contributed by atoms with Gasteiger partial charge in [-0.25, -0.2) is 4.79 Å². The van der Waals surface area contributed by atoms with E-state index in [0.717, 1.165) is 37.8 Å². The second-order valence-electron chi connectivity index (χ2n) is 7.94. The number of benzene rings is 1. The van der Waals surface area contributed by atoms with Crippen LogP contribution in [0.3, 0.4) is 0 Å². The number of phenolic OH excluding ortho intramolecular Hbond substituents is 1. The highest BCUT2D eigenvalue weighted by Gasteiger charge is 2.36. The Kier molecular flexibility index (Phi) is 6.58. The summed E-state index contributed by atoms with van der Waals surface area (Å²) in [6, 6.07) is 7.51. The number of hydrogen-bond donors (Lipinski definition) is 2. The number of hydrogen-bond acceptors (Lipinski definition) is 3. The molecule has 0 aromatic heterocycles. The average Bonchev–Trinajstić information content (AvgIpc) is 3.29. The van der Waals surface area contributed by atoms with Crippen LogP contribution >= 0.6 is 0 Å². The van der Waals surface area contributed by atoms with Crippen LogP contribution in [0.4, 0.5) is 4.79 Å². The van der Waals surface area contributed by atoms with Gasteiger partial charge in [-0.3, -0.25) is 4.79 Å². The molecule has 27 heavy (non-hydrogen) atoms. The third-order valence-corrected chi connectivity index (χ3v) is 5.74. The fourth-order valence-corrected chi connectivity index (χ4v) is 4.26. The Morgan fingerprint density at radius 1 is 1.26 bits per heavy atom. The van der Waals surface area contributed by atoms with Gasteiger partial charge in [0.05, 0.1) is 0 Å². The van der Waals surface area contributed by atoms with Gasteiger partial charge in [-0.1, -0.05) is 25.0 Å². The minimum absolute atomic E-state index is 0.0764. The number of urea groups is 1. The number of aryl methyl sites for hydroxylation is 1. The number of carbonyl (C=O) groups excluding carboxylic acids is 2. The van der Waals surface area contributed by atoms with Crippen LogP contribution in [0.25, 0.3) is 0 Å². The molecule has 1 aromatic carbocycles. The van der Waals surface area contributed by atoms with E-state index in [0.29, 0.717) is 25.6 Å². The first-order valence-corrected chi connectivity index (χ1v) is 10.1. The molecule has 3 rings (SSSR count). The molecule has 1 saturated heterocycles. The number of aromatic hydroxyl groups is 1. The maximum atomic E-state index is 12.3. The number of nitrogens with zero attached hydrogens (tertiary/aromatic N) is 2. The monoisotopic (exact) mass is 373 g/mol. The van der Waals surface area contributed by atoms with Gasteiger partial charge in [0, 0.05) is 45.1 Å². The molecule has 6 heteroatoms. The summed E-state index contributed by atoms with van der Waals surface area (Å²) in [6.45, 7) is 2.03. The standard InChI is InChI=1S/C21H31N3O3/c1-23(14-17-13-20(26)24(15-17)18-6-2-3-7-18)21(27)22-12-4-5-16-8-10-19(25)11-9-16/h8-11,17-18,25H,2-7,12-15H2,1H3,(H,22,27). The van der Waals surface area contributed by atoms with Crippen molar-refractivity contribution in [2.45, 2.75) is 51.0 Å². The van der Waals surface area contributed by atoms with E-state index in [9.17, 15) is 14.7 Å². The zero-order chi connectivity index (χ0) is 19.2. The van der Waals surface area contributed by atoms with Crippen LogP contribution in [0.15, 0.2) is 24.3 Å². The Bertz CT molecular complexity index is 641. The van der Waals surface area contributed by atoms with E-state index >= 15 is 0 Å². The average molecular weight is 373 g/mol. The summed E-state index contributed by atoms with van der Waals surface area (Å²) in [5.74, 6) is 0.769. The lowest BCUT2D eigenvalue weighted by Gasteiger charge is -2.25. The summed E-state index contributed by atoms with van der Waals surface area (Å²) in [4.78, 5) is 28.3. The Hall–Kier alpha value is -2.24. The molecular formula is C21H31N3O3. The molecule has 3 amide bonds. The Morgan fingerprint density at radius 3 is 2.67 bits per heavy atom. The molecule has 2 fully saturated rings. The van der Waals surface area contributed by atoms with Gasteiger partial charge < -0.3 is 20.2 Å². The smallest absolute Gasteiger partial charge is 0.317 e. The van der Waals surface area contributed by atoms with Crippen molar-refractivity contribution in [2.75, 3.05) is 26.7 Å². The second kappa shape index (κ2) is 9.11. The maximum Gasteiger partial charge on any atom is 0.317 e. The van der Waals surface area contributed by atoms with Crippen molar-refractivity contribution in [3.8, 4) is 5.75 Å². The molecule has 2 N–H and O–H groups in total. The molecule has 1 unspecified atom stereocenters. The topological polar surface area (TPSA) is 72.9 Å². The third-order valence-electron chi connectivity index (χ3n) is 5.74. The van der Waals surface area contributed by atoms with Crippen molar-refractivity contribution >= 4 is 11.9 Å². The van der Waals surface area contributed by atoms with Crippen LogP contribution in [0.5, 0.6) is 5.75 Å². The van der Waals surface area contributed by atoms with Crippen LogP contribution in [-0.4, -0.2) is 59.6 Å². The zero-order valence-corrected chi connectivity index (χ0v) is 16.2. The molecule has 0 radical (unpaired) electrons. The largest absolute Gasteiger partial charge is 0.508 e. The normalized spacial score (nSPS) is 20.3. The fourth-order valence-electron chi connectivity index (χ4n) is 4.26. The second-order valence-corrected chi connectivity index (χ2v) is 7.94. The molecule has 6 nitrogen and oxygen atoms in total. The van der Waals surface area contributed by atoms with E-state index in [4.69, 9.17) is 0 Å². The number of likely N-dealkylation sites (tertiary alicyclic amines) is 1. The first-order chi connectivity index (χ1) is 13.0. The number of nitrogens with one attached hydrogen (secondary N) is 1. The van der Waals surface area contributed by atoms with E-state index in [1.54, 1.807) is 24.1 Å². The number of rotatable bonds is 7. The lowest BCUT2D eigenvalue weighted by molar-refractivity contribution is -0.129. The number of phenols is 1. The van der Waals surface area contributed by atoms with Crippen LogP contribution in [-0.2, 0) is 11.2 Å². The van der Waals surface area contributed by atoms with Crippen molar-refractivity contribution in [1.82, 2.24) is 15.1 Å². The van der Waals surface area contributed by atoms with Gasteiger partial charge >= 0.3 is 6.03 Å². The summed E-state index contributed by atoms with van der Waals surface area (Å²) >= 11 is 0. The predicted molar refractivity (Wildman–Crippen MR) is 105 cm³/mol. The van der Waals surface area contributed by atoms with Crippen molar-refractivity contribution in [1.29, 1.82) is 0 Å². The summed E-state index contributed by atoms with van der Waals surface area (Å²) in [6.07, 6.45) is 7.00. The van der Waals surface area contributed by atoms with Gasteiger partial charge in [0.2, 0.25) is 5.91 Å². The van der Waals surface area contributed by atoms with Gasteiger partial charge in [0.1, 0.15) is 5.75 Å². The Balaban J connectivity index is 1.35. The molecule has 2 aliphatic rings. The Morgan fingerprint density at radius 2 is 1.96 bits per heavy atom. The number of carbonyl (C=O) groups is 2. The number of amides is 3. The molecule has 1 aliphatic heterocycles. The minimum Gasteiger partial charge on any atom is -0.508 e. The van der Waals surface area contributed by atoms with Gasteiger partial charge in [-0.05, 0) is 43.4 Å². The van der Waals surface area contributed by atoms with Gasteiger partial charge in [0.25, 0.3) is 0 Å². The van der Waals surface area contributed by atoms with E-state index in [-0.39, 0.29) is 23.6 Å². The predicted octanol–water partition coefficient (Wildman–Crippen LogP) is 2.76. The van der Waals surface area contributed by atoms with E-state index in [1.807, 2.05) is 12.1 Å². The summed E-state index contributed by atoms with van der Waals surface area (Å²) in [7, 11) is 1.80. The SMILES string of the molecule is CN(CC1CC(=O)N(C2CCCC2)C1)C(=O)NCCCc1ccc(O)cc1. The van der Waals surface area contributed by atoms with Crippen molar-refractivity contribution in [3.63, 3.8) is 0 Å². The minimum atomic E-state index is -0.0764. The van der Waals surface area contributed by atoms with Crippen molar-refractivity contribution < 1.29 is 14.7 Å². The molecule has 0 bridgehead atoms. The maximum absolute atomic E-state index is 12.3. The van der Waals surface area contributed by atoms with E-state index in [1.165, 1.54) is 12.8 Å². The highest BCUT2D eigenvalue weighted by molar-refractivity contribution is 5.79. The van der Waals surface area contributed by atoms with E-state index < -0.39 is 0 Å². The lowest BCUT2D eigenvalue weighted by Crippen LogP contribution is -2.41. The summed E-state index contributed by atoms with van der Waals surface area (Å²) in [5.41, 5.74) is 1.15. The van der Waals surface area contributed by atoms with Crippen LogP contribution in [0.2, 0.25) is 0 Å². The van der Waals surface area contributed by atoms with E-state index in [2.05, 4.69) is 10.2 Å². The van der Waals surface area contributed by atoms with Crippen molar-refractivity contribution in [2.24, 2.45) is 5.92 Å². The van der Waals surface area contributed by atoms with Gasteiger partial charge in [0.15, 0.2) is 0 Å². The van der Waals surface area contributed by atoms with Crippen molar-refractivity contribution in [3.05, 3.63) is 29.8 Å². The first kappa shape index (κ1) is 19.5.